The molecule has 3 heteroatoms. The maximum Gasteiger partial charge on any atom is 0.138 e. The molecule has 0 spiro atoms. The molecular weight excluding hydrogens is 255 g/mol. The van der Waals surface area contributed by atoms with Crippen molar-refractivity contribution in [1.82, 2.24) is 0 Å². The fourth-order valence-corrected chi connectivity index (χ4v) is 2.39. The van der Waals surface area contributed by atoms with E-state index in [4.69, 9.17) is 4.42 Å². The number of aryl methyl sites for hydroxylation is 1. The lowest BCUT2D eigenvalue weighted by atomic mass is 9.98. The van der Waals surface area contributed by atoms with Crippen LogP contribution in [0.4, 0.5) is 4.39 Å². The van der Waals surface area contributed by atoms with E-state index in [-0.39, 0.29) is 5.82 Å². The van der Waals surface area contributed by atoms with Crippen LogP contribution in [0.2, 0.25) is 0 Å². The Bertz CT molecular complexity index is 774. The van der Waals surface area contributed by atoms with Gasteiger partial charge in [0.25, 0.3) is 0 Å². The van der Waals surface area contributed by atoms with Gasteiger partial charge in [-0.1, -0.05) is 18.2 Å². The Labute approximate surface area is 116 Å². The molecule has 2 nitrogen and oxygen atoms in total. The molecule has 1 N–H and O–H groups in total. The van der Waals surface area contributed by atoms with Crippen molar-refractivity contribution in [2.24, 2.45) is 0 Å². The molecule has 0 radical (unpaired) electrons. The molecule has 1 heterocycles. The molecule has 0 amide bonds. The number of fused-ring (bicyclic) bond motifs is 1. The minimum absolute atomic E-state index is 0.314. The van der Waals surface area contributed by atoms with E-state index in [9.17, 15) is 9.50 Å². The summed E-state index contributed by atoms with van der Waals surface area (Å²) >= 11 is 0. The third-order valence-electron chi connectivity index (χ3n) is 3.71. The Morgan fingerprint density at radius 1 is 1.10 bits per heavy atom. The summed E-state index contributed by atoms with van der Waals surface area (Å²) in [6.07, 6.45) is -0.842. The number of aliphatic hydroxyl groups is 1. The van der Waals surface area contributed by atoms with Crippen LogP contribution < -0.4 is 0 Å². The van der Waals surface area contributed by atoms with Crippen LogP contribution >= 0.6 is 0 Å². The highest BCUT2D eigenvalue weighted by molar-refractivity contribution is 5.78. The second-order valence-corrected chi connectivity index (χ2v) is 5.02. The van der Waals surface area contributed by atoms with Crippen molar-refractivity contribution in [3.05, 3.63) is 70.7 Å². The second-order valence-electron chi connectivity index (χ2n) is 5.02. The number of rotatable bonds is 2. The maximum absolute atomic E-state index is 13.2. The van der Waals surface area contributed by atoms with Gasteiger partial charge in [0.1, 0.15) is 23.3 Å². The lowest BCUT2D eigenvalue weighted by Gasteiger charge is -2.13. The maximum atomic E-state index is 13.2. The van der Waals surface area contributed by atoms with E-state index in [0.717, 1.165) is 16.7 Å². The standard InChI is InChI=1S/C17H15FO2/c1-10-4-3-5-14(11(10)2)17(19)16-9-12-8-13(18)6-7-15(12)20-16/h3-9,17,19H,1-2H3. The highest BCUT2D eigenvalue weighted by Gasteiger charge is 2.18. The van der Waals surface area contributed by atoms with Crippen molar-refractivity contribution < 1.29 is 13.9 Å². The fraction of sp³-hybridized carbons (Fsp3) is 0.176. The quantitative estimate of drug-likeness (QED) is 0.754. The average Bonchev–Trinajstić information content (AvgIpc) is 2.84. The van der Waals surface area contributed by atoms with Gasteiger partial charge < -0.3 is 9.52 Å². The highest BCUT2D eigenvalue weighted by Crippen LogP contribution is 2.30. The number of halogens is 1. The molecular formula is C17H15FO2. The van der Waals surface area contributed by atoms with Crippen LogP contribution in [0, 0.1) is 19.7 Å². The smallest absolute Gasteiger partial charge is 0.138 e. The van der Waals surface area contributed by atoms with E-state index in [0.29, 0.717) is 16.7 Å². The fourth-order valence-electron chi connectivity index (χ4n) is 2.39. The minimum Gasteiger partial charge on any atom is -0.458 e. The molecule has 0 saturated heterocycles. The normalized spacial score (nSPS) is 12.8. The number of furan rings is 1. The molecule has 1 unspecified atom stereocenters. The van der Waals surface area contributed by atoms with Crippen molar-refractivity contribution in [1.29, 1.82) is 0 Å². The van der Waals surface area contributed by atoms with Gasteiger partial charge in [0.05, 0.1) is 0 Å². The zero-order valence-corrected chi connectivity index (χ0v) is 11.4. The zero-order valence-electron chi connectivity index (χ0n) is 11.4. The first-order valence-electron chi connectivity index (χ1n) is 6.49. The van der Waals surface area contributed by atoms with Gasteiger partial charge in [-0.05, 0) is 54.8 Å². The summed E-state index contributed by atoms with van der Waals surface area (Å²) in [4.78, 5) is 0. The van der Waals surface area contributed by atoms with Gasteiger partial charge in [-0.2, -0.15) is 0 Å². The van der Waals surface area contributed by atoms with E-state index < -0.39 is 6.10 Å². The van der Waals surface area contributed by atoms with Crippen LogP contribution in [-0.2, 0) is 0 Å². The largest absolute Gasteiger partial charge is 0.458 e. The van der Waals surface area contributed by atoms with E-state index in [1.165, 1.54) is 12.1 Å². The minimum atomic E-state index is -0.842. The Morgan fingerprint density at radius 3 is 2.70 bits per heavy atom. The summed E-state index contributed by atoms with van der Waals surface area (Å²) in [7, 11) is 0. The summed E-state index contributed by atoms with van der Waals surface area (Å²) in [5, 5.41) is 11.1. The number of hydrogen-bond donors (Lipinski definition) is 1. The molecule has 0 saturated carbocycles. The van der Waals surface area contributed by atoms with Gasteiger partial charge in [-0.15, -0.1) is 0 Å². The van der Waals surface area contributed by atoms with Crippen molar-refractivity contribution in [2.75, 3.05) is 0 Å². The highest BCUT2D eigenvalue weighted by atomic mass is 19.1. The van der Waals surface area contributed by atoms with Gasteiger partial charge in [0.2, 0.25) is 0 Å². The van der Waals surface area contributed by atoms with Crippen molar-refractivity contribution in [3.63, 3.8) is 0 Å². The zero-order chi connectivity index (χ0) is 14.3. The van der Waals surface area contributed by atoms with Crippen molar-refractivity contribution in [2.45, 2.75) is 20.0 Å². The van der Waals surface area contributed by atoms with Crippen LogP contribution in [0.1, 0.15) is 28.6 Å². The first-order chi connectivity index (χ1) is 9.56. The van der Waals surface area contributed by atoms with Crippen LogP contribution in [0.15, 0.2) is 46.9 Å². The lowest BCUT2D eigenvalue weighted by Crippen LogP contribution is -2.01. The van der Waals surface area contributed by atoms with Crippen LogP contribution in [-0.4, -0.2) is 5.11 Å². The summed E-state index contributed by atoms with van der Waals surface area (Å²) in [5.74, 6) is 0.116. The average molecular weight is 270 g/mol. The first-order valence-corrected chi connectivity index (χ1v) is 6.49. The van der Waals surface area contributed by atoms with Gasteiger partial charge in [-0.3, -0.25) is 0 Å². The van der Waals surface area contributed by atoms with Gasteiger partial charge in [-0.25, -0.2) is 4.39 Å². The molecule has 0 bridgehead atoms. The summed E-state index contributed by atoms with van der Waals surface area (Å²) < 4.78 is 18.8. The van der Waals surface area contributed by atoms with Gasteiger partial charge in [0, 0.05) is 5.39 Å². The molecule has 0 fully saturated rings. The predicted octanol–water partition coefficient (Wildman–Crippen LogP) is 4.27. The van der Waals surface area contributed by atoms with Crippen molar-refractivity contribution >= 4 is 11.0 Å². The SMILES string of the molecule is Cc1cccc(C(O)c2cc3cc(F)ccc3o2)c1C. The third-order valence-corrected chi connectivity index (χ3v) is 3.71. The number of aliphatic hydroxyl groups excluding tert-OH is 1. The molecule has 3 rings (SSSR count). The topological polar surface area (TPSA) is 33.4 Å². The Morgan fingerprint density at radius 2 is 1.90 bits per heavy atom. The Kier molecular flexibility index (Phi) is 3.07. The molecule has 1 aromatic heterocycles. The van der Waals surface area contributed by atoms with E-state index in [1.54, 1.807) is 12.1 Å². The first kappa shape index (κ1) is 12.9. The second kappa shape index (κ2) is 4.76. The lowest BCUT2D eigenvalue weighted by molar-refractivity contribution is 0.191. The number of hydrogen-bond acceptors (Lipinski definition) is 2. The summed E-state index contributed by atoms with van der Waals surface area (Å²) in [5.41, 5.74) is 3.53. The van der Waals surface area contributed by atoms with E-state index >= 15 is 0 Å². The third kappa shape index (κ3) is 2.10. The molecule has 0 aliphatic rings. The van der Waals surface area contributed by atoms with Crippen molar-refractivity contribution in [3.8, 4) is 0 Å². The Balaban J connectivity index is 2.08. The summed E-state index contributed by atoms with van der Waals surface area (Å²) in [6, 6.07) is 11.8. The van der Waals surface area contributed by atoms with Gasteiger partial charge >= 0.3 is 0 Å². The Hall–Kier alpha value is -2.13. The van der Waals surface area contributed by atoms with Crippen LogP contribution in [0.25, 0.3) is 11.0 Å². The molecule has 0 aliphatic carbocycles. The number of benzene rings is 2. The molecule has 102 valence electrons. The van der Waals surface area contributed by atoms with Crippen LogP contribution in [0.3, 0.4) is 0 Å². The van der Waals surface area contributed by atoms with Crippen LogP contribution in [0.5, 0.6) is 0 Å². The monoisotopic (exact) mass is 270 g/mol. The molecule has 1 atom stereocenters. The van der Waals surface area contributed by atoms with E-state index in [1.807, 2.05) is 32.0 Å². The summed E-state index contributed by atoms with van der Waals surface area (Å²) in [6.45, 7) is 3.97. The molecule has 3 aromatic rings. The molecule has 2 aromatic carbocycles. The predicted molar refractivity (Wildman–Crippen MR) is 76.1 cm³/mol. The van der Waals surface area contributed by atoms with Gasteiger partial charge in [0.15, 0.2) is 0 Å². The van der Waals surface area contributed by atoms with E-state index in [2.05, 4.69) is 0 Å². The molecule has 20 heavy (non-hydrogen) atoms. The molecule has 0 aliphatic heterocycles.